The minimum absolute atomic E-state index is 0.254. The molecule has 0 atom stereocenters. The molecule has 0 aliphatic heterocycles. The van der Waals surface area contributed by atoms with E-state index in [0.29, 0.717) is 29.6 Å². The number of fused-ring (bicyclic) bond motifs is 1. The molecule has 2 aromatic rings. The highest BCUT2D eigenvalue weighted by Crippen LogP contribution is 2.19. The van der Waals surface area contributed by atoms with Gasteiger partial charge in [-0.25, -0.2) is 0 Å². The molecule has 0 fully saturated rings. The third-order valence-electron chi connectivity index (χ3n) is 3.19. The van der Waals surface area contributed by atoms with Crippen LogP contribution >= 0.6 is 0 Å². The van der Waals surface area contributed by atoms with Gasteiger partial charge >= 0.3 is 5.97 Å². The first-order valence-corrected chi connectivity index (χ1v) is 6.22. The topological polar surface area (TPSA) is 108 Å². The number of benzene rings is 1. The average Bonchev–Trinajstić information content (AvgIpc) is 2.85. The zero-order chi connectivity index (χ0) is 14.8. The number of carboxylic acid groups (broad SMARTS) is 1. The number of carbonyl (C=O) groups is 2. The highest BCUT2D eigenvalue weighted by atomic mass is 16.4. The summed E-state index contributed by atoms with van der Waals surface area (Å²) in [6, 6.07) is 4.99. The Labute approximate surface area is 115 Å². The highest BCUT2D eigenvalue weighted by Gasteiger charge is 2.26. The van der Waals surface area contributed by atoms with Crippen LogP contribution in [0.5, 0.6) is 0 Å². The fraction of sp³-hybridized carbons (Fsp3) is 0.385. The van der Waals surface area contributed by atoms with Crippen molar-refractivity contribution in [1.82, 2.24) is 20.7 Å². The van der Waals surface area contributed by atoms with Crippen molar-refractivity contribution in [1.29, 1.82) is 0 Å². The molecule has 1 aromatic carbocycles. The Balaban J connectivity index is 1.96. The van der Waals surface area contributed by atoms with Gasteiger partial charge in [0.1, 0.15) is 11.0 Å². The number of hydrogen-bond acceptors (Lipinski definition) is 4. The second-order valence-corrected chi connectivity index (χ2v) is 5.22. The van der Waals surface area contributed by atoms with Crippen LogP contribution in [0.2, 0.25) is 0 Å². The number of amides is 1. The lowest BCUT2D eigenvalue weighted by atomic mass is 9.90. The van der Waals surface area contributed by atoms with Crippen molar-refractivity contribution in [3.05, 3.63) is 23.8 Å². The van der Waals surface area contributed by atoms with Crippen LogP contribution in [0.1, 0.15) is 30.6 Å². The molecule has 0 radical (unpaired) electrons. The smallest absolute Gasteiger partial charge is 0.309 e. The van der Waals surface area contributed by atoms with Gasteiger partial charge in [0.2, 0.25) is 0 Å². The van der Waals surface area contributed by atoms with Crippen molar-refractivity contribution >= 4 is 22.9 Å². The van der Waals surface area contributed by atoms with Crippen molar-refractivity contribution in [3.8, 4) is 0 Å². The molecule has 0 spiro atoms. The van der Waals surface area contributed by atoms with Gasteiger partial charge in [0, 0.05) is 12.1 Å². The van der Waals surface area contributed by atoms with Crippen LogP contribution in [-0.2, 0) is 4.79 Å². The monoisotopic (exact) mass is 276 g/mol. The Bertz CT molecular complexity index is 648. The summed E-state index contributed by atoms with van der Waals surface area (Å²) in [5.41, 5.74) is 0.917. The SMILES string of the molecule is CC(C)(CCNC(=O)c1ccc2n[nH]nc2c1)C(=O)O. The predicted octanol–water partition coefficient (Wildman–Crippen LogP) is 1.19. The summed E-state index contributed by atoms with van der Waals surface area (Å²) in [5.74, 6) is -1.13. The van der Waals surface area contributed by atoms with Gasteiger partial charge in [0.15, 0.2) is 0 Å². The van der Waals surface area contributed by atoms with Crippen molar-refractivity contribution in [2.75, 3.05) is 6.54 Å². The van der Waals surface area contributed by atoms with Crippen LogP contribution in [-0.4, -0.2) is 38.9 Å². The summed E-state index contributed by atoms with van der Waals surface area (Å²) in [4.78, 5) is 22.9. The molecular formula is C13H16N4O3. The van der Waals surface area contributed by atoms with Crippen LogP contribution in [0.4, 0.5) is 0 Å². The van der Waals surface area contributed by atoms with E-state index in [2.05, 4.69) is 20.7 Å². The number of aliphatic carboxylic acids is 1. The van der Waals surface area contributed by atoms with Crippen molar-refractivity contribution < 1.29 is 14.7 Å². The van der Waals surface area contributed by atoms with Gasteiger partial charge in [-0.1, -0.05) is 0 Å². The second-order valence-electron chi connectivity index (χ2n) is 5.22. The molecule has 7 heteroatoms. The van der Waals surface area contributed by atoms with E-state index < -0.39 is 11.4 Å². The zero-order valence-electron chi connectivity index (χ0n) is 11.3. The molecule has 0 saturated carbocycles. The van der Waals surface area contributed by atoms with E-state index in [9.17, 15) is 9.59 Å². The number of aromatic amines is 1. The maximum absolute atomic E-state index is 11.9. The van der Waals surface area contributed by atoms with Crippen molar-refractivity contribution in [2.24, 2.45) is 5.41 Å². The molecule has 0 unspecified atom stereocenters. The van der Waals surface area contributed by atoms with Gasteiger partial charge in [0.25, 0.3) is 5.91 Å². The molecule has 1 aromatic heterocycles. The quantitative estimate of drug-likeness (QED) is 0.760. The number of hydrogen-bond donors (Lipinski definition) is 3. The fourth-order valence-corrected chi connectivity index (χ4v) is 1.68. The van der Waals surface area contributed by atoms with E-state index in [1.165, 1.54) is 0 Å². The van der Waals surface area contributed by atoms with Gasteiger partial charge in [-0.2, -0.15) is 15.4 Å². The number of carboxylic acids is 1. The van der Waals surface area contributed by atoms with Crippen molar-refractivity contribution in [2.45, 2.75) is 20.3 Å². The molecule has 7 nitrogen and oxygen atoms in total. The Hall–Kier alpha value is -2.44. The number of aromatic nitrogens is 3. The first kappa shape index (κ1) is 14.0. The summed E-state index contributed by atoms with van der Waals surface area (Å²) >= 11 is 0. The number of nitrogens with one attached hydrogen (secondary N) is 2. The number of H-pyrrole nitrogens is 1. The van der Waals surface area contributed by atoms with Gasteiger partial charge < -0.3 is 10.4 Å². The van der Waals surface area contributed by atoms with Gasteiger partial charge in [-0.3, -0.25) is 9.59 Å². The largest absolute Gasteiger partial charge is 0.481 e. The van der Waals surface area contributed by atoms with E-state index >= 15 is 0 Å². The normalized spacial score (nSPS) is 11.5. The molecule has 1 heterocycles. The minimum atomic E-state index is -0.879. The van der Waals surface area contributed by atoms with Gasteiger partial charge in [-0.05, 0) is 38.5 Å². The van der Waals surface area contributed by atoms with Gasteiger partial charge in [-0.15, -0.1) is 0 Å². The summed E-state index contributed by atoms with van der Waals surface area (Å²) in [6.07, 6.45) is 0.361. The van der Waals surface area contributed by atoms with Gasteiger partial charge in [0.05, 0.1) is 5.41 Å². The fourth-order valence-electron chi connectivity index (χ4n) is 1.68. The number of rotatable bonds is 5. The van der Waals surface area contributed by atoms with E-state index in [1.807, 2.05) is 0 Å². The van der Waals surface area contributed by atoms with Crippen LogP contribution < -0.4 is 5.32 Å². The van der Waals surface area contributed by atoms with E-state index in [0.717, 1.165) is 0 Å². The maximum Gasteiger partial charge on any atom is 0.309 e. The van der Waals surface area contributed by atoms with E-state index in [4.69, 9.17) is 5.11 Å². The molecular weight excluding hydrogens is 260 g/mol. The average molecular weight is 276 g/mol. The van der Waals surface area contributed by atoms with Crippen LogP contribution in [0.3, 0.4) is 0 Å². The third-order valence-corrected chi connectivity index (χ3v) is 3.19. The predicted molar refractivity (Wildman–Crippen MR) is 72.3 cm³/mol. The lowest BCUT2D eigenvalue weighted by molar-refractivity contribution is -0.147. The third kappa shape index (κ3) is 2.93. The lowest BCUT2D eigenvalue weighted by Crippen LogP contribution is -2.31. The molecule has 20 heavy (non-hydrogen) atoms. The zero-order valence-corrected chi connectivity index (χ0v) is 11.3. The first-order chi connectivity index (χ1) is 9.40. The highest BCUT2D eigenvalue weighted by molar-refractivity contribution is 5.97. The first-order valence-electron chi connectivity index (χ1n) is 6.22. The summed E-state index contributed by atoms with van der Waals surface area (Å²) in [5, 5.41) is 22.0. The van der Waals surface area contributed by atoms with E-state index in [1.54, 1.807) is 32.0 Å². The molecule has 1 amide bonds. The molecule has 3 N–H and O–H groups in total. The molecule has 106 valence electrons. The standard InChI is InChI=1S/C13H16N4O3/c1-13(2,12(19)20)5-6-14-11(18)8-3-4-9-10(7-8)16-17-15-9/h3-4,7H,5-6H2,1-2H3,(H,14,18)(H,19,20)(H,15,16,17). The summed E-state index contributed by atoms with van der Waals surface area (Å²) < 4.78 is 0. The Morgan fingerprint density at radius 1 is 1.30 bits per heavy atom. The second kappa shape index (κ2) is 5.28. The molecule has 0 aliphatic rings. The van der Waals surface area contributed by atoms with E-state index in [-0.39, 0.29) is 5.91 Å². The summed E-state index contributed by atoms with van der Waals surface area (Å²) in [7, 11) is 0. The van der Waals surface area contributed by atoms with Crippen molar-refractivity contribution in [3.63, 3.8) is 0 Å². The molecule has 2 rings (SSSR count). The summed E-state index contributed by atoms with van der Waals surface area (Å²) in [6.45, 7) is 3.56. The maximum atomic E-state index is 11.9. The van der Waals surface area contributed by atoms with Crippen LogP contribution in [0.15, 0.2) is 18.2 Å². The number of carbonyl (C=O) groups excluding carboxylic acids is 1. The Morgan fingerprint density at radius 2 is 2.00 bits per heavy atom. The van der Waals surface area contributed by atoms with Crippen LogP contribution in [0, 0.1) is 5.41 Å². The van der Waals surface area contributed by atoms with Crippen LogP contribution in [0.25, 0.3) is 11.0 Å². The lowest BCUT2D eigenvalue weighted by Gasteiger charge is -2.18. The molecule has 0 bridgehead atoms. The molecule has 0 aliphatic carbocycles. The molecule has 0 saturated heterocycles. The Kier molecular flexibility index (Phi) is 3.69. The Morgan fingerprint density at radius 3 is 2.70 bits per heavy atom. The minimum Gasteiger partial charge on any atom is -0.481 e. The number of nitrogens with zero attached hydrogens (tertiary/aromatic N) is 2.